The first-order valence-electron chi connectivity index (χ1n) is 7.98. The van der Waals surface area contributed by atoms with Gasteiger partial charge in [-0.05, 0) is 55.8 Å². The summed E-state index contributed by atoms with van der Waals surface area (Å²) in [5, 5.41) is 0. The third-order valence-electron chi connectivity index (χ3n) is 3.77. The van der Waals surface area contributed by atoms with E-state index < -0.39 is 21.8 Å². The summed E-state index contributed by atoms with van der Waals surface area (Å²) in [6.45, 7) is 7.16. The number of ether oxygens (including phenoxy) is 1. The molecule has 0 aromatic heterocycles. The van der Waals surface area contributed by atoms with E-state index in [0.717, 1.165) is 16.4 Å². The van der Waals surface area contributed by atoms with Gasteiger partial charge in [0.05, 0.1) is 29.3 Å². The van der Waals surface area contributed by atoms with Gasteiger partial charge in [-0.2, -0.15) is 0 Å². The number of carbonyl (C=O) groups excluding carboxylic acids is 1. The average Bonchev–Trinajstić information content (AvgIpc) is 2.60. The third-order valence-corrected chi connectivity index (χ3v) is 5.56. The first-order valence-corrected chi connectivity index (χ1v) is 9.42. The molecule has 0 N–H and O–H groups in total. The molecule has 138 valence electrons. The van der Waals surface area contributed by atoms with Gasteiger partial charge in [-0.15, -0.1) is 6.58 Å². The zero-order valence-corrected chi connectivity index (χ0v) is 15.4. The molecule has 0 aliphatic heterocycles. The molecule has 2 rings (SSSR count). The predicted octanol–water partition coefficient (Wildman–Crippen LogP) is 3.69. The molecule has 0 atom stereocenters. The van der Waals surface area contributed by atoms with Crippen molar-refractivity contribution in [3.63, 3.8) is 0 Å². The van der Waals surface area contributed by atoms with Gasteiger partial charge in [0.15, 0.2) is 0 Å². The van der Waals surface area contributed by atoms with E-state index >= 15 is 0 Å². The quantitative estimate of drug-likeness (QED) is 0.545. The highest BCUT2D eigenvalue weighted by Gasteiger charge is 2.27. The lowest BCUT2D eigenvalue weighted by Gasteiger charge is -2.25. The van der Waals surface area contributed by atoms with E-state index in [9.17, 15) is 17.6 Å². The Morgan fingerprint density at radius 3 is 2.46 bits per heavy atom. The van der Waals surface area contributed by atoms with Crippen molar-refractivity contribution in [2.75, 3.05) is 17.5 Å². The van der Waals surface area contributed by atoms with Crippen LogP contribution in [0.4, 0.5) is 10.1 Å². The molecular weight excluding hydrogens is 357 g/mol. The summed E-state index contributed by atoms with van der Waals surface area (Å²) < 4.78 is 45.4. The molecule has 5 nitrogen and oxygen atoms in total. The monoisotopic (exact) mass is 377 g/mol. The fraction of sp³-hybridized carbons (Fsp3) is 0.211. The molecule has 0 unspecified atom stereocenters. The van der Waals surface area contributed by atoms with Crippen molar-refractivity contribution in [3.05, 3.63) is 72.1 Å². The maximum absolute atomic E-state index is 13.1. The Labute approximate surface area is 152 Å². The molecule has 2 aromatic rings. The van der Waals surface area contributed by atoms with Crippen molar-refractivity contribution in [2.24, 2.45) is 0 Å². The van der Waals surface area contributed by atoms with Crippen LogP contribution in [0.5, 0.6) is 0 Å². The minimum Gasteiger partial charge on any atom is -0.462 e. The molecule has 0 aliphatic rings. The minimum atomic E-state index is -3.97. The molecule has 0 spiro atoms. The van der Waals surface area contributed by atoms with Crippen molar-refractivity contribution in [2.45, 2.75) is 18.7 Å². The summed E-state index contributed by atoms with van der Waals surface area (Å²) >= 11 is 0. The van der Waals surface area contributed by atoms with Crippen molar-refractivity contribution in [3.8, 4) is 0 Å². The third kappa shape index (κ3) is 3.94. The highest BCUT2D eigenvalue weighted by molar-refractivity contribution is 7.92. The number of esters is 1. The lowest BCUT2D eigenvalue weighted by atomic mass is 10.1. The largest absolute Gasteiger partial charge is 0.462 e. The van der Waals surface area contributed by atoms with Crippen LogP contribution in [0.3, 0.4) is 0 Å². The first kappa shape index (κ1) is 19.7. The van der Waals surface area contributed by atoms with Crippen LogP contribution in [0.25, 0.3) is 0 Å². The molecule has 0 heterocycles. The minimum absolute atomic E-state index is 0.00711. The first-order chi connectivity index (χ1) is 12.3. The van der Waals surface area contributed by atoms with Gasteiger partial charge in [0.25, 0.3) is 10.0 Å². The topological polar surface area (TPSA) is 63.7 Å². The van der Waals surface area contributed by atoms with E-state index in [4.69, 9.17) is 4.74 Å². The second kappa shape index (κ2) is 8.14. The van der Waals surface area contributed by atoms with Gasteiger partial charge in [-0.3, -0.25) is 4.31 Å². The van der Waals surface area contributed by atoms with Gasteiger partial charge in [0, 0.05) is 0 Å². The second-order valence-corrected chi connectivity index (χ2v) is 7.31. The van der Waals surface area contributed by atoms with Gasteiger partial charge in [0.1, 0.15) is 5.82 Å². The lowest BCUT2D eigenvalue weighted by Crippen LogP contribution is -2.32. The second-order valence-electron chi connectivity index (χ2n) is 5.45. The van der Waals surface area contributed by atoms with E-state index in [2.05, 4.69) is 6.58 Å². The van der Waals surface area contributed by atoms with Crippen LogP contribution in [-0.2, 0) is 14.8 Å². The highest BCUT2D eigenvalue weighted by Crippen LogP contribution is 2.29. The number of rotatable bonds is 7. The summed E-state index contributed by atoms with van der Waals surface area (Å²) in [7, 11) is -3.97. The van der Waals surface area contributed by atoms with Crippen LogP contribution >= 0.6 is 0 Å². The number of halogens is 1. The standard InChI is InChI=1S/C19H20FNO4S/c1-4-13-21(26(23,24)16-11-9-15(20)10-12-16)18-8-6-7-17(14(18)3)19(22)25-5-2/h4,6-12H,1,5,13H2,2-3H3. The Balaban J connectivity index is 2.57. The van der Waals surface area contributed by atoms with E-state index in [-0.39, 0.29) is 23.6 Å². The summed E-state index contributed by atoms with van der Waals surface area (Å²) in [5.41, 5.74) is 1.09. The van der Waals surface area contributed by atoms with Crippen molar-refractivity contribution in [1.82, 2.24) is 0 Å². The average molecular weight is 377 g/mol. The van der Waals surface area contributed by atoms with Crippen LogP contribution in [0, 0.1) is 12.7 Å². The normalized spacial score (nSPS) is 11.0. The summed E-state index contributed by atoms with van der Waals surface area (Å²) in [4.78, 5) is 12.0. The van der Waals surface area contributed by atoms with E-state index in [1.807, 2.05) is 0 Å². The van der Waals surface area contributed by atoms with Crippen LogP contribution < -0.4 is 4.31 Å². The van der Waals surface area contributed by atoms with Crippen molar-refractivity contribution < 1.29 is 22.3 Å². The van der Waals surface area contributed by atoms with Crippen LogP contribution in [0.15, 0.2) is 60.0 Å². The number of carbonyl (C=O) groups is 1. The maximum atomic E-state index is 13.1. The Morgan fingerprint density at radius 1 is 1.23 bits per heavy atom. The summed E-state index contributed by atoms with van der Waals surface area (Å²) in [5.74, 6) is -1.05. The van der Waals surface area contributed by atoms with Crippen molar-refractivity contribution in [1.29, 1.82) is 0 Å². The van der Waals surface area contributed by atoms with Crippen LogP contribution in [-0.4, -0.2) is 27.5 Å². The summed E-state index contributed by atoms with van der Waals surface area (Å²) in [6, 6.07) is 9.33. The van der Waals surface area contributed by atoms with E-state index in [1.54, 1.807) is 32.0 Å². The number of nitrogens with zero attached hydrogens (tertiary/aromatic N) is 1. The fourth-order valence-electron chi connectivity index (χ4n) is 2.50. The molecule has 0 bridgehead atoms. The Kier molecular flexibility index (Phi) is 6.15. The number of benzene rings is 2. The van der Waals surface area contributed by atoms with Gasteiger partial charge >= 0.3 is 5.97 Å². The van der Waals surface area contributed by atoms with E-state index in [0.29, 0.717) is 11.3 Å². The molecule has 0 radical (unpaired) electrons. The smallest absolute Gasteiger partial charge is 0.338 e. The molecule has 26 heavy (non-hydrogen) atoms. The predicted molar refractivity (Wildman–Crippen MR) is 98.3 cm³/mol. The molecule has 0 saturated heterocycles. The molecule has 0 aliphatic carbocycles. The number of hydrogen-bond donors (Lipinski definition) is 0. The Morgan fingerprint density at radius 2 is 1.88 bits per heavy atom. The highest BCUT2D eigenvalue weighted by atomic mass is 32.2. The van der Waals surface area contributed by atoms with Crippen LogP contribution in [0.2, 0.25) is 0 Å². The molecule has 0 fully saturated rings. The van der Waals surface area contributed by atoms with E-state index in [1.165, 1.54) is 18.2 Å². The Bertz CT molecular complexity index is 908. The summed E-state index contributed by atoms with van der Waals surface area (Å²) in [6.07, 6.45) is 1.44. The van der Waals surface area contributed by atoms with Gasteiger partial charge < -0.3 is 4.74 Å². The molecule has 0 saturated carbocycles. The molecule has 2 aromatic carbocycles. The maximum Gasteiger partial charge on any atom is 0.338 e. The SMILES string of the molecule is C=CCN(c1cccc(C(=O)OCC)c1C)S(=O)(=O)c1ccc(F)cc1. The number of hydrogen-bond acceptors (Lipinski definition) is 4. The zero-order valence-electron chi connectivity index (χ0n) is 14.6. The Hall–Kier alpha value is -2.67. The van der Waals surface area contributed by atoms with Gasteiger partial charge in [0.2, 0.25) is 0 Å². The number of anilines is 1. The lowest BCUT2D eigenvalue weighted by molar-refractivity contribution is 0.0525. The van der Waals surface area contributed by atoms with Gasteiger partial charge in [-0.25, -0.2) is 17.6 Å². The van der Waals surface area contributed by atoms with Gasteiger partial charge in [-0.1, -0.05) is 12.1 Å². The fourth-order valence-corrected chi connectivity index (χ4v) is 3.99. The molecule has 7 heteroatoms. The van der Waals surface area contributed by atoms with Crippen molar-refractivity contribution >= 4 is 21.7 Å². The van der Waals surface area contributed by atoms with Crippen LogP contribution in [0.1, 0.15) is 22.8 Å². The number of sulfonamides is 1. The molecule has 0 amide bonds. The molecular formula is C19H20FNO4S. The zero-order chi connectivity index (χ0) is 19.3.